The summed E-state index contributed by atoms with van der Waals surface area (Å²) in [6.45, 7) is 0.676. The van der Waals surface area contributed by atoms with Gasteiger partial charge in [-0.2, -0.15) is 4.47 Å². The highest BCUT2D eigenvalue weighted by Crippen LogP contribution is 2.36. The molecule has 1 amide bonds. The van der Waals surface area contributed by atoms with Crippen LogP contribution in [0.2, 0.25) is 0 Å². The number of benzene rings is 1. The highest BCUT2D eigenvalue weighted by Gasteiger charge is 2.17. The second-order valence-corrected chi connectivity index (χ2v) is 6.73. The Morgan fingerprint density at radius 2 is 2.09 bits per heavy atom. The second-order valence-electron chi connectivity index (χ2n) is 4.57. The molecule has 0 saturated carbocycles. The number of nitrogens with two attached hydrogens (primary N) is 1. The minimum Gasteiger partial charge on any atom is -0.379 e. The second kappa shape index (κ2) is 7.50. The van der Waals surface area contributed by atoms with Crippen molar-refractivity contribution in [2.24, 2.45) is 5.73 Å². The van der Waals surface area contributed by atoms with Crippen molar-refractivity contribution in [1.29, 1.82) is 0 Å². The predicted molar refractivity (Wildman–Crippen MR) is 92.1 cm³/mol. The summed E-state index contributed by atoms with van der Waals surface area (Å²) in [5.41, 5.74) is 6.83. The number of anilines is 2. The largest absolute Gasteiger partial charge is 0.379 e. The van der Waals surface area contributed by atoms with Crippen LogP contribution in [0.4, 0.5) is 10.0 Å². The van der Waals surface area contributed by atoms with E-state index < -0.39 is 5.91 Å². The zero-order chi connectivity index (χ0) is 16.1. The summed E-state index contributed by atoms with van der Waals surface area (Å²) in [4.78, 5) is 11.4. The fraction of sp³-hybridized carbons (Fsp3) is 0.214. The Bertz CT molecular complexity index is 633. The van der Waals surface area contributed by atoms with Gasteiger partial charge in [-0.3, -0.25) is 10.0 Å². The first-order valence-corrected chi connectivity index (χ1v) is 8.09. The maximum Gasteiger partial charge on any atom is 0.251 e. The van der Waals surface area contributed by atoms with Gasteiger partial charge in [0.1, 0.15) is 10.0 Å². The maximum absolute atomic E-state index is 11.4. The Morgan fingerprint density at radius 3 is 2.64 bits per heavy atom. The number of nitrogens with one attached hydrogen (secondary N) is 1. The van der Waals surface area contributed by atoms with E-state index in [2.05, 4.69) is 5.32 Å². The summed E-state index contributed by atoms with van der Waals surface area (Å²) in [7, 11) is 3.58. The van der Waals surface area contributed by atoms with Crippen LogP contribution in [0, 0.1) is 0 Å². The monoisotopic (exact) mass is 338 g/mol. The van der Waals surface area contributed by atoms with Crippen LogP contribution in [0.5, 0.6) is 0 Å². The molecule has 0 radical (unpaired) electrons. The minimum absolute atomic E-state index is 0.368. The van der Waals surface area contributed by atoms with Gasteiger partial charge in [0.2, 0.25) is 0 Å². The molecule has 4 N–H and O–H groups in total. The van der Waals surface area contributed by atoms with Crippen molar-refractivity contribution in [3.63, 3.8) is 0 Å². The van der Waals surface area contributed by atoms with Crippen molar-refractivity contribution in [3.05, 3.63) is 47.5 Å². The van der Waals surface area contributed by atoms with Crippen molar-refractivity contribution >= 4 is 39.4 Å². The molecule has 1 heterocycles. The molecule has 0 aliphatic heterocycles. The van der Waals surface area contributed by atoms with E-state index >= 15 is 0 Å². The highest BCUT2D eigenvalue weighted by atomic mass is 32.2. The molecule has 0 spiro atoms. The number of nitrogens with zero attached hydrogens (tertiary/aromatic N) is 2. The first kappa shape index (κ1) is 16.6. The van der Waals surface area contributed by atoms with Gasteiger partial charge >= 0.3 is 0 Å². The quantitative estimate of drug-likeness (QED) is 0.532. The number of rotatable bonds is 7. The van der Waals surface area contributed by atoms with Crippen LogP contribution < -0.4 is 15.5 Å². The van der Waals surface area contributed by atoms with Crippen LogP contribution in [0.15, 0.2) is 36.4 Å². The van der Waals surface area contributed by atoms with Crippen molar-refractivity contribution < 1.29 is 10.0 Å². The van der Waals surface area contributed by atoms with E-state index in [0.29, 0.717) is 22.1 Å². The number of carbonyl (C=O) groups excluding carboxylic acids is 1. The molecule has 1 aromatic heterocycles. The molecule has 8 heteroatoms. The van der Waals surface area contributed by atoms with E-state index in [1.807, 2.05) is 41.7 Å². The first-order chi connectivity index (χ1) is 10.5. The number of hydrogen-bond acceptors (Lipinski definition) is 7. The molecule has 0 aliphatic rings. The number of primary amides is 1. The molecular formula is C14H18N4O2S2. The number of thiophene rings is 1. The van der Waals surface area contributed by atoms with Crippen LogP contribution in [0.1, 0.15) is 15.9 Å². The maximum atomic E-state index is 11.4. The Labute approximate surface area is 137 Å². The number of amides is 1. The third kappa shape index (κ3) is 4.14. The molecule has 0 saturated heterocycles. The molecule has 118 valence electrons. The predicted octanol–water partition coefficient (Wildman–Crippen LogP) is 2.78. The lowest BCUT2D eigenvalue weighted by Gasteiger charge is -2.20. The SMILES string of the molecule is CNc1sc(N(O)SN(C)Cc2ccccc2)cc1C(N)=O. The molecule has 2 aromatic rings. The van der Waals surface area contributed by atoms with E-state index in [1.165, 1.54) is 11.3 Å². The van der Waals surface area contributed by atoms with Crippen molar-refractivity contribution in [3.8, 4) is 0 Å². The van der Waals surface area contributed by atoms with Gasteiger partial charge in [0.15, 0.2) is 0 Å². The van der Waals surface area contributed by atoms with Crippen LogP contribution in [0.25, 0.3) is 0 Å². The van der Waals surface area contributed by atoms with Crippen molar-refractivity contribution in [2.75, 3.05) is 23.9 Å². The highest BCUT2D eigenvalue weighted by molar-refractivity contribution is 7.98. The summed E-state index contributed by atoms with van der Waals surface area (Å²) in [5.74, 6) is -0.525. The first-order valence-electron chi connectivity index (χ1n) is 6.54. The fourth-order valence-corrected chi connectivity index (χ4v) is 3.53. The van der Waals surface area contributed by atoms with E-state index in [9.17, 15) is 10.0 Å². The lowest BCUT2D eigenvalue weighted by molar-refractivity contribution is 0.100. The van der Waals surface area contributed by atoms with E-state index in [-0.39, 0.29) is 0 Å². The molecule has 1 aromatic carbocycles. The van der Waals surface area contributed by atoms with Gasteiger partial charge in [0.05, 0.1) is 17.7 Å². The average molecular weight is 338 g/mol. The van der Waals surface area contributed by atoms with Crippen molar-refractivity contribution in [2.45, 2.75) is 6.54 Å². The van der Waals surface area contributed by atoms with E-state index in [0.717, 1.165) is 22.2 Å². The zero-order valence-corrected chi connectivity index (χ0v) is 13.9. The molecule has 0 aliphatic carbocycles. The molecule has 2 rings (SSSR count). The van der Waals surface area contributed by atoms with Gasteiger partial charge in [0, 0.05) is 13.6 Å². The average Bonchev–Trinajstić information content (AvgIpc) is 2.92. The van der Waals surface area contributed by atoms with Gasteiger partial charge < -0.3 is 11.1 Å². The molecule has 0 atom stereocenters. The summed E-state index contributed by atoms with van der Waals surface area (Å²) in [5, 5.41) is 14.2. The summed E-state index contributed by atoms with van der Waals surface area (Å²) in [6.07, 6.45) is 0. The smallest absolute Gasteiger partial charge is 0.251 e. The third-order valence-corrected chi connectivity index (χ3v) is 4.87. The summed E-state index contributed by atoms with van der Waals surface area (Å²) >= 11 is 2.41. The topological polar surface area (TPSA) is 81.8 Å². The fourth-order valence-electron chi connectivity index (χ4n) is 1.88. The number of hydrogen-bond donors (Lipinski definition) is 3. The lowest BCUT2D eigenvalue weighted by atomic mass is 10.2. The Kier molecular flexibility index (Phi) is 5.67. The normalized spacial score (nSPS) is 10.7. The Morgan fingerprint density at radius 1 is 1.41 bits per heavy atom. The Balaban J connectivity index is 2.02. The van der Waals surface area contributed by atoms with Gasteiger partial charge in [-0.25, -0.2) is 4.31 Å². The molecule has 22 heavy (non-hydrogen) atoms. The lowest BCUT2D eigenvalue weighted by Crippen LogP contribution is -2.18. The van der Waals surface area contributed by atoms with E-state index in [4.69, 9.17) is 5.73 Å². The van der Waals surface area contributed by atoms with E-state index in [1.54, 1.807) is 13.1 Å². The van der Waals surface area contributed by atoms with Gasteiger partial charge in [0.25, 0.3) is 5.91 Å². The van der Waals surface area contributed by atoms with Gasteiger partial charge in [-0.1, -0.05) is 41.7 Å². The minimum atomic E-state index is -0.525. The third-order valence-electron chi connectivity index (χ3n) is 2.86. The zero-order valence-electron chi connectivity index (χ0n) is 12.3. The van der Waals surface area contributed by atoms with Crippen LogP contribution >= 0.6 is 23.5 Å². The molecule has 0 bridgehead atoms. The standard InChI is InChI=1S/C14H18N4O2S2/c1-16-14-11(13(15)19)8-12(21-14)18(20)22-17(2)9-10-6-4-3-5-7-10/h3-8,16,20H,9H2,1-2H3,(H2,15,19). The van der Waals surface area contributed by atoms with Gasteiger partial charge in [-0.15, -0.1) is 0 Å². The molecule has 0 fully saturated rings. The summed E-state index contributed by atoms with van der Waals surface area (Å²) in [6, 6.07) is 11.5. The summed E-state index contributed by atoms with van der Waals surface area (Å²) < 4.78 is 2.92. The Hall–Kier alpha value is -1.74. The van der Waals surface area contributed by atoms with Crippen LogP contribution in [-0.2, 0) is 6.54 Å². The molecular weight excluding hydrogens is 320 g/mol. The number of carbonyl (C=O) groups is 1. The van der Waals surface area contributed by atoms with Crippen LogP contribution in [0.3, 0.4) is 0 Å². The molecule has 0 unspecified atom stereocenters. The van der Waals surface area contributed by atoms with Crippen LogP contribution in [-0.4, -0.2) is 29.5 Å². The van der Waals surface area contributed by atoms with Crippen molar-refractivity contribution in [1.82, 2.24) is 4.31 Å². The van der Waals surface area contributed by atoms with Gasteiger partial charge in [-0.05, 0) is 18.7 Å². The molecule has 6 nitrogen and oxygen atoms in total.